The van der Waals surface area contributed by atoms with Gasteiger partial charge in [0, 0.05) is 18.8 Å². The Labute approximate surface area is 109 Å². The summed E-state index contributed by atoms with van der Waals surface area (Å²) in [6.45, 7) is 9.60. The van der Waals surface area contributed by atoms with Crippen molar-refractivity contribution < 1.29 is 4.79 Å². The van der Waals surface area contributed by atoms with Crippen molar-refractivity contribution in [1.82, 2.24) is 15.1 Å². The van der Waals surface area contributed by atoms with Crippen molar-refractivity contribution in [2.45, 2.75) is 40.5 Å². The summed E-state index contributed by atoms with van der Waals surface area (Å²) in [6, 6.07) is 0. The molecule has 1 aromatic heterocycles. The molecule has 3 N–H and O–H groups in total. The van der Waals surface area contributed by atoms with Gasteiger partial charge in [-0.1, -0.05) is 26.7 Å². The van der Waals surface area contributed by atoms with Gasteiger partial charge in [-0.05, 0) is 19.8 Å². The van der Waals surface area contributed by atoms with E-state index in [2.05, 4.69) is 24.0 Å². The Balaban J connectivity index is 2.86. The van der Waals surface area contributed by atoms with E-state index in [1.165, 1.54) is 0 Å². The first-order valence-electron chi connectivity index (χ1n) is 6.64. The molecule has 102 valence electrons. The van der Waals surface area contributed by atoms with E-state index in [9.17, 15) is 4.79 Å². The molecule has 0 radical (unpaired) electrons. The van der Waals surface area contributed by atoms with Crippen LogP contribution in [0.15, 0.2) is 0 Å². The number of carbonyl (C=O) groups is 1. The topological polar surface area (TPSA) is 75.0 Å². The first kappa shape index (κ1) is 14.5. The van der Waals surface area contributed by atoms with E-state index in [1.807, 2.05) is 18.7 Å². The molecule has 0 saturated heterocycles. The molecule has 5 nitrogen and oxygen atoms in total. The van der Waals surface area contributed by atoms with Crippen LogP contribution in [0.25, 0.3) is 0 Å². The van der Waals surface area contributed by atoms with Crippen LogP contribution in [0.4, 0.5) is 5.82 Å². The van der Waals surface area contributed by atoms with Gasteiger partial charge < -0.3 is 10.6 Å². The number of aromatic nitrogens is 2. The van der Waals surface area contributed by atoms with Gasteiger partial charge in [-0.25, -0.2) is 0 Å². The minimum Gasteiger partial charge on any atom is -0.382 e. The van der Waals surface area contributed by atoms with Gasteiger partial charge in [0.25, 0.3) is 5.91 Å². The minimum atomic E-state index is -0.0202. The number of anilines is 1. The molecule has 0 atom stereocenters. The van der Waals surface area contributed by atoms with Crippen LogP contribution in [0, 0.1) is 12.8 Å². The predicted octanol–water partition coefficient (Wildman–Crippen LogP) is 2.20. The van der Waals surface area contributed by atoms with Gasteiger partial charge in [0.15, 0.2) is 5.82 Å². The summed E-state index contributed by atoms with van der Waals surface area (Å²) in [5, 5.41) is 6.63. The fourth-order valence-electron chi connectivity index (χ4n) is 2.09. The van der Waals surface area contributed by atoms with Crippen molar-refractivity contribution in [2.24, 2.45) is 5.92 Å². The van der Waals surface area contributed by atoms with E-state index in [1.54, 1.807) is 0 Å². The summed E-state index contributed by atoms with van der Waals surface area (Å²) in [5.41, 5.74) is 6.99. The number of nitrogens with two attached hydrogens (primary N) is 1. The van der Waals surface area contributed by atoms with Crippen LogP contribution in [0.3, 0.4) is 0 Å². The molecule has 1 amide bonds. The van der Waals surface area contributed by atoms with Crippen molar-refractivity contribution in [3.63, 3.8) is 0 Å². The van der Waals surface area contributed by atoms with Crippen molar-refractivity contribution in [3.8, 4) is 0 Å². The zero-order chi connectivity index (χ0) is 13.7. The summed E-state index contributed by atoms with van der Waals surface area (Å²) >= 11 is 0. The Kier molecular flexibility index (Phi) is 5.19. The van der Waals surface area contributed by atoms with Gasteiger partial charge in [0.05, 0.1) is 0 Å². The second-order valence-electron chi connectivity index (χ2n) is 4.64. The van der Waals surface area contributed by atoms with Crippen LogP contribution >= 0.6 is 0 Å². The third-order valence-electron chi connectivity index (χ3n) is 3.49. The second-order valence-corrected chi connectivity index (χ2v) is 4.64. The molecule has 1 heterocycles. The molecule has 0 spiro atoms. The van der Waals surface area contributed by atoms with E-state index < -0.39 is 0 Å². The number of amides is 1. The van der Waals surface area contributed by atoms with E-state index >= 15 is 0 Å². The quantitative estimate of drug-likeness (QED) is 0.815. The van der Waals surface area contributed by atoms with Crippen LogP contribution in [0.2, 0.25) is 0 Å². The Bertz CT molecular complexity index is 376. The zero-order valence-electron chi connectivity index (χ0n) is 11.8. The maximum absolute atomic E-state index is 12.4. The SMILES string of the molecule is CCC(CC)CN(CC)C(=O)c1c(N)n[nH]c1C. The summed E-state index contributed by atoms with van der Waals surface area (Å²) in [6.07, 6.45) is 2.17. The molecule has 0 aromatic carbocycles. The maximum atomic E-state index is 12.4. The third kappa shape index (κ3) is 3.03. The highest BCUT2D eigenvalue weighted by atomic mass is 16.2. The van der Waals surface area contributed by atoms with E-state index in [0.29, 0.717) is 23.8 Å². The second kappa shape index (κ2) is 6.42. The lowest BCUT2D eigenvalue weighted by Crippen LogP contribution is -2.35. The highest BCUT2D eigenvalue weighted by molar-refractivity contribution is 5.99. The lowest BCUT2D eigenvalue weighted by Gasteiger charge is -2.25. The van der Waals surface area contributed by atoms with Crippen molar-refractivity contribution in [3.05, 3.63) is 11.3 Å². The number of rotatable bonds is 6. The zero-order valence-corrected chi connectivity index (χ0v) is 11.8. The Morgan fingerprint density at radius 1 is 1.39 bits per heavy atom. The van der Waals surface area contributed by atoms with Crippen LogP contribution in [0.1, 0.15) is 49.7 Å². The number of nitrogens with one attached hydrogen (secondary N) is 1. The largest absolute Gasteiger partial charge is 0.382 e. The molecule has 0 fully saturated rings. The molecular formula is C13H24N4O. The number of nitrogen functional groups attached to an aromatic ring is 1. The van der Waals surface area contributed by atoms with Crippen LogP contribution < -0.4 is 5.73 Å². The average molecular weight is 252 g/mol. The van der Waals surface area contributed by atoms with E-state index in [0.717, 1.165) is 25.1 Å². The Hall–Kier alpha value is -1.52. The minimum absolute atomic E-state index is 0.0202. The summed E-state index contributed by atoms with van der Waals surface area (Å²) < 4.78 is 0. The molecule has 1 aromatic rings. The summed E-state index contributed by atoms with van der Waals surface area (Å²) in [5.74, 6) is 0.816. The highest BCUT2D eigenvalue weighted by Gasteiger charge is 2.22. The molecule has 5 heteroatoms. The van der Waals surface area contributed by atoms with Crippen molar-refractivity contribution >= 4 is 11.7 Å². The lowest BCUT2D eigenvalue weighted by atomic mass is 10.0. The van der Waals surface area contributed by atoms with Gasteiger partial charge in [-0.2, -0.15) is 5.10 Å². The van der Waals surface area contributed by atoms with Crippen LogP contribution in [-0.2, 0) is 0 Å². The molecule has 0 bridgehead atoms. The van der Waals surface area contributed by atoms with Gasteiger partial charge in [-0.15, -0.1) is 0 Å². The van der Waals surface area contributed by atoms with Crippen LogP contribution in [0.5, 0.6) is 0 Å². The number of hydrogen-bond acceptors (Lipinski definition) is 3. The number of nitrogens with zero attached hydrogens (tertiary/aromatic N) is 2. The number of hydrogen-bond donors (Lipinski definition) is 2. The standard InChI is InChI=1S/C13H24N4O/c1-5-10(6-2)8-17(7-3)13(18)11-9(4)15-16-12(11)14/h10H,5-8H2,1-4H3,(H3,14,15,16). The number of H-pyrrole nitrogens is 1. The number of aromatic amines is 1. The maximum Gasteiger partial charge on any atom is 0.259 e. The average Bonchev–Trinajstić information content (AvgIpc) is 2.70. The molecule has 18 heavy (non-hydrogen) atoms. The summed E-state index contributed by atoms with van der Waals surface area (Å²) in [7, 11) is 0. The first-order valence-corrected chi connectivity index (χ1v) is 6.64. The van der Waals surface area contributed by atoms with E-state index in [-0.39, 0.29) is 5.91 Å². The van der Waals surface area contributed by atoms with Gasteiger partial charge >= 0.3 is 0 Å². The Morgan fingerprint density at radius 3 is 2.39 bits per heavy atom. The molecular weight excluding hydrogens is 228 g/mol. The van der Waals surface area contributed by atoms with Gasteiger partial charge in [0.2, 0.25) is 0 Å². The first-order chi connectivity index (χ1) is 8.54. The van der Waals surface area contributed by atoms with Gasteiger partial charge in [-0.3, -0.25) is 9.89 Å². The Morgan fingerprint density at radius 2 is 2.00 bits per heavy atom. The van der Waals surface area contributed by atoms with Gasteiger partial charge in [0.1, 0.15) is 5.56 Å². The third-order valence-corrected chi connectivity index (χ3v) is 3.49. The molecule has 1 rings (SSSR count). The van der Waals surface area contributed by atoms with Crippen molar-refractivity contribution in [1.29, 1.82) is 0 Å². The lowest BCUT2D eigenvalue weighted by molar-refractivity contribution is 0.0735. The fourth-order valence-corrected chi connectivity index (χ4v) is 2.09. The normalized spacial score (nSPS) is 10.9. The number of carbonyl (C=O) groups excluding carboxylic acids is 1. The molecule has 0 aliphatic carbocycles. The molecule has 0 saturated carbocycles. The highest BCUT2D eigenvalue weighted by Crippen LogP contribution is 2.17. The fraction of sp³-hybridized carbons (Fsp3) is 0.692. The molecule has 0 aliphatic rings. The predicted molar refractivity (Wildman–Crippen MR) is 73.4 cm³/mol. The molecule has 0 unspecified atom stereocenters. The van der Waals surface area contributed by atoms with Crippen LogP contribution in [-0.4, -0.2) is 34.1 Å². The summed E-state index contributed by atoms with van der Waals surface area (Å²) in [4.78, 5) is 14.3. The molecule has 0 aliphatic heterocycles. The number of aryl methyl sites for hydroxylation is 1. The monoisotopic (exact) mass is 252 g/mol. The smallest absolute Gasteiger partial charge is 0.259 e. The van der Waals surface area contributed by atoms with Crippen molar-refractivity contribution in [2.75, 3.05) is 18.8 Å². The van der Waals surface area contributed by atoms with E-state index in [4.69, 9.17) is 5.73 Å².